The second-order valence-corrected chi connectivity index (χ2v) is 3.00. The molecule has 0 atom stereocenters. The van der Waals surface area contributed by atoms with Gasteiger partial charge in [-0.3, -0.25) is 0 Å². The summed E-state index contributed by atoms with van der Waals surface area (Å²) in [5, 5.41) is 0. The molecule has 1 N–H and O–H groups in total. The molecule has 11 heavy (non-hydrogen) atoms. The molecule has 0 spiro atoms. The maximum Gasteiger partial charge on any atom is 0.198 e. The lowest BCUT2D eigenvalue weighted by Crippen LogP contribution is -2.12. The van der Waals surface area contributed by atoms with Crippen molar-refractivity contribution in [3.63, 3.8) is 0 Å². The summed E-state index contributed by atoms with van der Waals surface area (Å²) >= 11 is 4.89. The van der Waals surface area contributed by atoms with E-state index < -0.39 is 0 Å². The normalized spacial score (nSPS) is 9.73. The van der Waals surface area contributed by atoms with Crippen molar-refractivity contribution in [1.82, 2.24) is 9.97 Å². The highest BCUT2D eigenvalue weighted by Gasteiger charge is 1.98. The Morgan fingerprint density at radius 1 is 1.55 bits per heavy atom. The van der Waals surface area contributed by atoms with E-state index in [-0.39, 0.29) is 0 Å². The van der Waals surface area contributed by atoms with Crippen LogP contribution in [0, 0.1) is 11.7 Å². The van der Waals surface area contributed by atoms with Gasteiger partial charge in [-0.15, -0.1) is 0 Å². The van der Waals surface area contributed by atoms with Gasteiger partial charge in [-0.25, -0.2) is 4.98 Å². The van der Waals surface area contributed by atoms with Crippen LogP contribution in [-0.2, 0) is 0 Å². The lowest BCUT2D eigenvalue weighted by Gasteiger charge is -2.13. The molecule has 0 aliphatic rings. The molecule has 0 bridgehead atoms. The molecule has 1 heterocycles. The smallest absolute Gasteiger partial charge is 0.198 e. The molecule has 0 aromatic carbocycles. The summed E-state index contributed by atoms with van der Waals surface area (Å²) in [7, 11) is 3.93. The molecule has 0 unspecified atom stereocenters. The van der Waals surface area contributed by atoms with Crippen molar-refractivity contribution >= 4 is 18.0 Å². The molecular formula is C7H11N3S. The fraction of sp³-hybridized carbons (Fsp3) is 0.429. The van der Waals surface area contributed by atoms with Crippen molar-refractivity contribution in [1.29, 1.82) is 0 Å². The Bertz CT molecular complexity index is 303. The van der Waals surface area contributed by atoms with Gasteiger partial charge in [-0.05, 0) is 19.1 Å². The Hall–Kier alpha value is -0.900. The van der Waals surface area contributed by atoms with Crippen LogP contribution in [0.5, 0.6) is 0 Å². The SMILES string of the molecule is Cc1cnc(=S)[nH]c1N(C)C. The van der Waals surface area contributed by atoms with E-state index in [4.69, 9.17) is 12.2 Å². The Labute approximate surface area is 71.1 Å². The first-order valence-corrected chi connectivity index (χ1v) is 3.75. The zero-order valence-electron chi connectivity index (χ0n) is 6.88. The van der Waals surface area contributed by atoms with E-state index >= 15 is 0 Å². The third kappa shape index (κ3) is 1.77. The quantitative estimate of drug-likeness (QED) is 0.647. The topological polar surface area (TPSA) is 31.9 Å². The molecule has 0 saturated heterocycles. The summed E-state index contributed by atoms with van der Waals surface area (Å²) in [6.45, 7) is 1.99. The number of aromatic amines is 1. The number of anilines is 1. The molecule has 0 radical (unpaired) electrons. The zero-order chi connectivity index (χ0) is 8.43. The largest absolute Gasteiger partial charge is 0.364 e. The van der Waals surface area contributed by atoms with E-state index in [0.29, 0.717) is 4.77 Å². The number of nitrogens with one attached hydrogen (secondary N) is 1. The minimum Gasteiger partial charge on any atom is -0.364 e. The minimum absolute atomic E-state index is 0.527. The molecular weight excluding hydrogens is 158 g/mol. The van der Waals surface area contributed by atoms with Gasteiger partial charge in [0.1, 0.15) is 5.82 Å². The first-order chi connectivity index (χ1) is 5.11. The number of aromatic nitrogens is 2. The Morgan fingerprint density at radius 2 is 2.18 bits per heavy atom. The molecule has 60 valence electrons. The van der Waals surface area contributed by atoms with Crippen LogP contribution in [0.15, 0.2) is 6.20 Å². The summed E-state index contributed by atoms with van der Waals surface area (Å²) in [6.07, 6.45) is 1.77. The Balaban J connectivity index is 3.23. The first kappa shape index (κ1) is 8.20. The number of hydrogen-bond donors (Lipinski definition) is 1. The number of rotatable bonds is 1. The Kier molecular flexibility index (Phi) is 2.24. The van der Waals surface area contributed by atoms with Crippen LogP contribution in [0.3, 0.4) is 0 Å². The van der Waals surface area contributed by atoms with E-state index in [1.165, 1.54) is 0 Å². The van der Waals surface area contributed by atoms with Crippen LogP contribution in [-0.4, -0.2) is 24.1 Å². The van der Waals surface area contributed by atoms with Crippen molar-refractivity contribution in [3.8, 4) is 0 Å². The summed E-state index contributed by atoms with van der Waals surface area (Å²) in [5.41, 5.74) is 1.10. The van der Waals surface area contributed by atoms with E-state index in [1.807, 2.05) is 25.9 Å². The first-order valence-electron chi connectivity index (χ1n) is 3.34. The number of H-pyrrole nitrogens is 1. The van der Waals surface area contributed by atoms with Crippen LogP contribution in [0.1, 0.15) is 5.56 Å². The minimum atomic E-state index is 0.527. The summed E-state index contributed by atoms with van der Waals surface area (Å²) in [6, 6.07) is 0. The molecule has 0 fully saturated rings. The summed E-state index contributed by atoms with van der Waals surface area (Å²) in [4.78, 5) is 8.94. The molecule has 0 saturated carbocycles. The molecule has 4 heteroatoms. The highest BCUT2D eigenvalue weighted by molar-refractivity contribution is 7.71. The zero-order valence-corrected chi connectivity index (χ0v) is 7.70. The van der Waals surface area contributed by atoms with E-state index in [9.17, 15) is 0 Å². The third-order valence-electron chi connectivity index (χ3n) is 1.42. The predicted molar refractivity (Wildman–Crippen MR) is 48.5 cm³/mol. The highest BCUT2D eigenvalue weighted by atomic mass is 32.1. The average molecular weight is 169 g/mol. The highest BCUT2D eigenvalue weighted by Crippen LogP contribution is 2.10. The lowest BCUT2D eigenvalue weighted by molar-refractivity contribution is 1.00. The van der Waals surface area contributed by atoms with Crippen molar-refractivity contribution < 1.29 is 0 Å². The van der Waals surface area contributed by atoms with Gasteiger partial charge in [-0.1, -0.05) is 0 Å². The summed E-state index contributed by atoms with van der Waals surface area (Å²) in [5.74, 6) is 1.02. The fourth-order valence-corrected chi connectivity index (χ4v) is 1.06. The second-order valence-electron chi connectivity index (χ2n) is 2.61. The van der Waals surface area contributed by atoms with E-state index in [0.717, 1.165) is 11.4 Å². The van der Waals surface area contributed by atoms with Gasteiger partial charge >= 0.3 is 0 Å². The standard InChI is InChI=1S/C7H11N3S/c1-5-4-8-7(11)9-6(5)10(2)3/h4H,1-3H3,(H,8,9,11). The van der Waals surface area contributed by atoms with Gasteiger partial charge in [0.2, 0.25) is 0 Å². The third-order valence-corrected chi connectivity index (χ3v) is 1.63. The van der Waals surface area contributed by atoms with E-state index in [2.05, 4.69) is 9.97 Å². The van der Waals surface area contributed by atoms with Crippen molar-refractivity contribution in [2.24, 2.45) is 0 Å². The maximum atomic E-state index is 4.89. The lowest BCUT2D eigenvalue weighted by atomic mass is 10.3. The number of aryl methyl sites for hydroxylation is 1. The van der Waals surface area contributed by atoms with Crippen LogP contribution < -0.4 is 4.90 Å². The predicted octanol–water partition coefficient (Wildman–Crippen LogP) is 1.51. The van der Waals surface area contributed by atoms with Gasteiger partial charge in [-0.2, -0.15) is 0 Å². The molecule has 0 amide bonds. The second kappa shape index (κ2) is 3.00. The molecule has 1 aromatic heterocycles. The maximum absolute atomic E-state index is 4.89. The van der Waals surface area contributed by atoms with Gasteiger partial charge in [0.25, 0.3) is 0 Å². The van der Waals surface area contributed by atoms with Crippen molar-refractivity contribution in [2.45, 2.75) is 6.92 Å². The average Bonchev–Trinajstić information content (AvgIpc) is 1.94. The van der Waals surface area contributed by atoms with E-state index in [1.54, 1.807) is 6.20 Å². The number of nitrogens with zero attached hydrogens (tertiary/aromatic N) is 2. The van der Waals surface area contributed by atoms with Crippen LogP contribution in [0.25, 0.3) is 0 Å². The van der Waals surface area contributed by atoms with Crippen LogP contribution >= 0.6 is 12.2 Å². The molecule has 1 aromatic rings. The fourth-order valence-electron chi connectivity index (χ4n) is 0.913. The van der Waals surface area contributed by atoms with Crippen LogP contribution in [0.4, 0.5) is 5.82 Å². The molecule has 0 aliphatic carbocycles. The molecule has 1 rings (SSSR count). The van der Waals surface area contributed by atoms with Gasteiger partial charge < -0.3 is 9.88 Å². The monoisotopic (exact) mass is 169 g/mol. The van der Waals surface area contributed by atoms with Crippen molar-refractivity contribution in [2.75, 3.05) is 19.0 Å². The van der Waals surface area contributed by atoms with Crippen LogP contribution in [0.2, 0.25) is 0 Å². The van der Waals surface area contributed by atoms with Gasteiger partial charge in [0.15, 0.2) is 4.77 Å². The molecule has 3 nitrogen and oxygen atoms in total. The van der Waals surface area contributed by atoms with Gasteiger partial charge in [0.05, 0.1) is 0 Å². The Morgan fingerprint density at radius 3 is 2.64 bits per heavy atom. The number of hydrogen-bond acceptors (Lipinski definition) is 3. The van der Waals surface area contributed by atoms with Gasteiger partial charge in [0, 0.05) is 25.9 Å². The van der Waals surface area contributed by atoms with Crippen molar-refractivity contribution in [3.05, 3.63) is 16.5 Å². The summed E-state index contributed by atoms with van der Waals surface area (Å²) < 4.78 is 0.527. The molecule has 0 aliphatic heterocycles.